The van der Waals surface area contributed by atoms with E-state index in [9.17, 15) is 8.42 Å². The second-order valence-electron chi connectivity index (χ2n) is 6.00. The SMILES string of the molecule is CN=C(NCC(C)(C)NS(C)(=O)=O)NC(C)c1ccc(C)o1. The van der Waals surface area contributed by atoms with Crippen molar-refractivity contribution in [1.82, 2.24) is 15.4 Å². The van der Waals surface area contributed by atoms with E-state index < -0.39 is 15.6 Å². The highest BCUT2D eigenvalue weighted by atomic mass is 32.2. The van der Waals surface area contributed by atoms with E-state index in [1.165, 1.54) is 0 Å². The third kappa shape index (κ3) is 6.48. The Morgan fingerprint density at radius 2 is 2.05 bits per heavy atom. The standard InChI is InChI=1S/C14H26N4O3S/c1-10-7-8-12(21-10)11(2)17-13(15-5)16-9-14(3,4)18-22(6,19)20/h7-8,11,18H,9H2,1-6H3,(H2,15,16,17). The van der Waals surface area contributed by atoms with Crippen molar-refractivity contribution in [1.29, 1.82) is 0 Å². The molecule has 126 valence electrons. The molecule has 0 fully saturated rings. The van der Waals surface area contributed by atoms with Crippen LogP contribution in [0.5, 0.6) is 0 Å². The van der Waals surface area contributed by atoms with Crippen LogP contribution in [0.4, 0.5) is 0 Å². The predicted octanol–water partition coefficient (Wildman–Crippen LogP) is 1.14. The van der Waals surface area contributed by atoms with Gasteiger partial charge in [0.25, 0.3) is 0 Å². The van der Waals surface area contributed by atoms with E-state index in [1.807, 2.05) is 26.0 Å². The molecule has 1 unspecified atom stereocenters. The Bertz CT molecular complexity index is 620. The topological polar surface area (TPSA) is 95.7 Å². The molecule has 3 N–H and O–H groups in total. The van der Waals surface area contributed by atoms with E-state index in [2.05, 4.69) is 20.3 Å². The molecular formula is C14H26N4O3S. The zero-order valence-electron chi connectivity index (χ0n) is 14.0. The summed E-state index contributed by atoms with van der Waals surface area (Å²) in [5, 5.41) is 6.31. The van der Waals surface area contributed by atoms with Crippen LogP contribution in [0.25, 0.3) is 0 Å². The minimum atomic E-state index is -3.26. The van der Waals surface area contributed by atoms with Crippen LogP contribution >= 0.6 is 0 Å². The maximum absolute atomic E-state index is 11.3. The Hall–Kier alpha value is -1.54. The highest BCUT2D eigenvalue weighted by Gasteiger charge is 2.22. The van der Waals surface area contributed by atoms with Crippen molar-refractivity contribution in [2.75, 3.05) is 19.8 Å². The lowest BCUT2D eigenvalue weighted by Gasteiger charge is -2.27. The number of sulfonamides is 1. The number of furan rings is 1. The van der Waals surface area contributed by atoms with Crippen LogP contribution in [0.2, 0.25) is 0 Å². The highest BCUT2D eigenvalue weighted by Crippen LogP contribution is 2.15. The molecule has 0 aromatic carbocycles. The number of nitrogens with one attached hydrogen (secondary N) is 3. The van der Waals surface area contributed by atoms with E-state index in [4.69, 9.17) is 4.42 Å². The molecule has 7 nitrogen and oxygen atoms in total. The molecule has 0 aliphatic heterocycles. The summed E-state index contributed by atoms with van der Waals surface area (Å²) in [5.41, 5.74) is -0.629. The first kappa shape index (κ1) is 18.5. The quantitative estimate of drug-likeness (QED) is 0.537. The maximum atomic E-state index is 11.3. The van der Waals surface area contributed by atoms with Crippen molar-refractivity contribution in [3.8, 4) is 0 Å². The summed E-state index contributed by atoms with van der Waals surface area (Å²) < 4.78 is 30.8. The molecule has 1 aromatic rings. The Morgan fingerprint density at radius 1 is 1.41 bits per heavy atom. The largest absolute Gasteiger partial charge is 0.464 e. The van der Waals surface area contributed by atoms with E-state index in [0.717, 1.165) is 17.8 Å². The number of aryl methyl sites for hydroxylation is 1. The van der Waals surface area contributed by atoms with Gasteiger partial charge < -0.3 is 15.1 Å². The Balaban J connectivity index is 2.59. The van der Waals surface area contributed by atoms with Crippen LogP contribution in [0, 0.1) is 6.92 Å². The molecule has 0 spiro atoms. The van der Waals surface area contributed by atoms with Crippen molar-refractivity contribution in [2.24, 2.45) is 4.99 Å². The van der Waals surface area contributed by atoms with Crippen molar-refractivity contribution in [2.45, 2.75) is 39.3 Å². The summed E-state index contributed by atoms with van der Waals surface area (Å²) in [6.07, 6.45) is 1.14. The predicted molar refractivity (Wildman–Crippen MR) is 88.4 cm³/mol. The lowest BCUT2D eigenvalue weighted by atomic mass is 10.1. The van der Waals surface area contributed by atoms with Gasteiger partial charge in [0.2, 0.25) is 10.0 Å². The summed E-state index contributed by atoms with van der Waals surface area (Å²) in [5.74, 6) is 2.24. The lowest BCUT2D eigenvalue weighted by molar-refractivity contribution is 0.431. The fourth-order valence-corrected chi connectivity index (χ4v) is 3.08. The average Bonchev–Trinajstić information content (AvgIpc) is 2.78. The molecule has 1 aromatic heterocycles. The van der Waals surface area contributed by atoms with Gasteiger partial charge in [0.05, 0.1) is 12.3 Å². The molecule has 0 saturated carbocycles. The van der Waals surface area contributed by atoms with Gasteiger partial charge in [-0.3, -0.25) is 4.99 Å². The zero-order valence-corrected chi connectivity index (χ0v) is 14.8. The lowest BCUT2D eigenvalue weighted by Crippen LogP contribution is -2.53. The fourth-order valence-electron chi connectivity index (χ4n) is 2.00. The molecular weight excluding hydrogens is 304 g/mol. The molecule has 0 aliphatic carbocycles. The van der Waals surface area contributed by atoms with Crippen LogP contribution in [0.1, 0.15) is 38.3 Å². The molecule has 22 heavy (non-hydrogen) atoms. The van der Waals surface area contributed by atoms with Gasteiger partial charge in [-0.1, -0.05) is 0 Å². The molecule has 0 amide bonds. The van der Waals surface area contributed by atoms with E-state index >= 15 is 0 Å². The summed E-state index contributed by atoms with van der Waals surface area (Å²) in [7, 11) is -1.61. The van der Waals surface area contributed by atoms with Crippen molar-refractivity contribution in [3.63, 3.8) is 0 Å². The van der Waals surface area contributed by atoms with Gasteiger partial charge in [-0.25, -0.2) is 13.1 Å². The fraction of sp³-hybridized carbons (Fsp3) is 0.643. The molecule has 1 rings (SSSR count). The third-order valence-corrected chi connectivity index (χ3v) is 3.85. The minimum Gasteiger partial charge on any atom is -0.464 e. The van der Waals surface area contributed by atoms with Crippen molar-refractivity contribution < 1.29 is 12.8 Å². The Morgan fingerprint density at radius 3 is 2.50 bits per heavy atom. The highest BCUT2D eigenvalue weighted by molar-refractivity contribution is 7.88. The van der Waals surface area contributed by atoms with Crippen LogP contribution in [0.3, 0.4) is 0 Å². The van der Waals surface area contributed by atoms with E-state index in [0.29, 0.717) is 12.5 Å². The first-order chi connectivity index (χ1) is 10.0. The van der Waals surface area contributed by atoms with Gasteiger partial charge >= 0.3 is 0 Å². The molecule has 0 saturated heterocycles. The smallest absolute Gasteiger partial charge is 0.209 e. The Kier molecular flexibility index (Phi) is 6.01. The number of hydrogen-bond acceptors (Lipinski definition) is 4. The minimum absolute atomic E-state index is 0.0501. The molecule has 0 bridgehead atoms. The van der Waals surface area contributed by atoms with E-state index in [1.54, 1.807) is 20.9 Å². The summed E-state index contributed by atoms with van der Waals surface area (Å²) in [6, 6.07) is 3.77. The van der Waals surface area contributed by atoms with E-state index in [-0.39, 0.29) is 6.04 Å². The number of rotatable bonds is 6. The van der Waals surface area contributed by atoms with Crippen LogP contribution in [-0.4, -0.2) is 39.8 Å². The van der Waals surface area contributed by atoms with Gasteiger partial charge in [0.1, 0.15) is 11.5 Å². The van der Waals surface area contributed by atoms with Crippen molar-refractivity contribution in [3.05, 3.63) is 23.7 Å². The summed E-state index contributed by atoms with van der Waals surface area (Å²) in [4.78, 5) is 4.14. The average molecular weight is 330 g/mol. The number of aliphatic imine (C=N–C) groups is 1. The van der Waals surface area contributed by atoms with Gasteiger partial charge in [-0.05, 0) is 39.8 Å². The first-order valence-electron chi connectivity index (χ1n) is 7.05. The Labute approximate surface area is 132 Å². The number of hydrogen-bond donors (Lipinski definition) is 3. The maximum Gasteiger partial charge on any atom is 0.209 e. The normalized spacial score (nSPS) is 14.7. The summed E-state index contributed by atoms with van der Waals surface area (Å²) in [6.45, 7) is 7.85. The van der Waals surface area contributed by atoms with Crippen LogP contribution in [-0.2, 0) is 10.0 Å². The van der Waals surface area contributed by atoms with Gasteiger partial charge in [0, 0.05) is 19.1 Å². The van der Waals surface area contributed by atoms with Crippen molar-refractivity contribution >= 4 is 16.0 Å². The third-order valence-electron chi connectivity index (χ3n) is 2.92. The number of nitrogens with zero attached hydrogens (tertiary/aromatic N) is 1. The first-order valence-corrected chi connectivity index (χ1v) is 8.94. The van der Waals surface area contributed by atoms with Crippen LogP contribution < -0.4 is 15.4 Å². The second kappa shape index (κ2) is 7.15. The second-order valence-corrected chi connectivity index (χ2v) is 7.75. The number of guanidine groups is 1. The molecule has 0 radical (unpaired) electrons. The van der Waals surface area contributed by atoms with Gasteiger partial charge in [-0.2, -0.15) is 0 Å². The molecule has 8 heteroatoms. The zero-order chi connectivity index (χ0) is 17.0. The van der Waals surface area contributed by atoms with Gasteiger partial charge in [0.15, 0.2) is 5.96 Å². The summed E-state index contributed by atoms with van der Waals surface area (Å²) >= 11 is 0. The monoisotopic (exact) mass is 330 g/mol. The molecule has 1 atom stereocenters. The molecule has 1 heterocycles. The molecule has 0 aliphatic rings. The van der Waals surface area contributed by atoms with Gasteiger partial charge in [-0.15, -0.1) is 0 Å². The van der Waals surface area contributed by atoms with Crippen LogP contribution in [0.15, 0.2) is 21.5 Å².